The second kappa shape index (κ2) is 12.1. The van der Waals surface area contributed by atoms with Crippen molar-refractivity contribution in [1.29, 1.82) is 0 Å². The molecule has 1 aliphatic rings. The van der Waals surface area contributed by atoms with E-state index in [9.17, 15) is 37.5 Å². The summed E-state index contributed by atoms with van der Waals surface area (Å²) < 4.78 is 62.8. The first kappa shape index (κ1) is 31.3. The molecule has 1 saturated heterocycles. The van der Waals surface area contributed by atoms with E-state index in [1.165, 1.54) is 61.4 Å². The molecule has 0 saturated carbocycles. The Balaban J connectivity index is 1.36. The molecule has 0 radical (unpaired) electrons. The number of carbonyl (C=O) groups is 2. The number of carbonyl (C=O) groups excluding carboxylic acids is 1. The Bertz CT molecular complexity index is 1880. The van der Waals surface area contributed by atoms with E-state index in [0.717, 1.165) is 15.5 Å². The van der Waals surface area contributed by atoms with Gasteiger partial charge in [-0.15, -0.1) is 0 Å². The zero-order valence-corrected chi connectivity index (χ0v) is 23.8. The maximum absolute atomic E-state index is 15.2. The van der Waals surface area contributed by atoms with Crippen LogP contribution in [0.4, 0.5) is 23.2 Å². The zero-order chi connectivity index (χ0) is 32.6. The Morgan fingerprint density at radius 2 is 1.93 bits per heavy atom. The lowest BCUT2D eigenvalue weighted by atomic mass is 10.0. The number of morpholine rings is 1. The highest BCUT2D eigenvalue weighted by molar-refractivity contribution is 5.98. The summed E-state index contributed by atoms with van der Waals surface area (Å²) in [6, 6.07) is 2.71. The minimum absolute atomic E-state index is 0.00101. The Morgan fingerprint density at radius 3 is 2.58 bits per heavy atom. The molecule has 0 spiro atoms. The van der Waals surface area contributed by atoms with E-state index in [4.69, 9.17) is 4.74 Å². The number of hydrogen-bond donors (Lipinski definition) is 2. The van der Waals surface area contributed by atoms with Crippen LogP contribution in [0.2, 0.25) is 0 Å². The van der Waals surface area contributed by atoms with E-state index >= 15 is 4.39 Å². The summed E-state index contributed by atoms with van der Waals surface area (Å²) in [4.78, 5) is 60.0. The number of pyridine rings is 2. The largest absolute Gasteiger partial charge is 0.480 e. The number of carboxylic acid groups (broad SMARTS) is 1. The second-order valence-corrected chi connectivity index (χ2v) is 10.4. The van der Waals surface area contributed by atoms with Gasteiger partial charge in [-0.25, -0.2) is 23.5 Å². The number of ether oxygens (including phenoxy) is 1. The van der Waals surface area contributed by atoms with Crippen LogP contribution in [0.1, 0.15) is 21.5 Å². The van der Waals surface area contributed by atoms with Gasteiger partial charge in [0.2, 0.25) is 0 Å². The van der Waals surface area contributed by atoms with E-state index in [1.807, 2.05) is 0 Å². The number of benzene rings is 1. The molecule has 4 heterocycles. The number of aromatic nitrogens is 4. The number of rotatable bonds is 7. The molecule has 1 fully saturated rings. The van der Waals surface area contributed by atoms with Crippen LogP contribution in [-0.2, 0) is 23.0 Å². The number of halogens is 4. The van der Waals surface area contributed by atoms with Crippen LogP contribution in [0.5, 0.6) is 0 Å². The smallest absolute Gasteiger partial charge is 0.411 e. The van der Waals surface area contributed by atoms with Crippen LogP contribution in [-0.4, -0.2) is 74.1 Å². The van der Waals surface area contributed by atoms with Crippen molar-refractivity contribution < 1.29 is 37.0 Å². The van der Waals surface area contributed by atoms with E-state index < -0.39 is 59.4 Å². The second-order valence-electron chi connectivity index (χ2n) is 10.4. The molecule has 236 valence electrons. The predicted octanol–water partition coefficient (Wildman–Crippen LogP) is 2.12. The monoisotopic (exact) mass is 630 g/mol. The summed E-state index contributed by atoms with van der Waals surface area (Å²) in [5.74, 6) is -3.67. The van der Waals surface area contributed by atoms with E-state index in [1.54, 1.807) is 0 Å². The van der Waals surface area contributed by atoms with Gasteiger partial charge >= 0.3 is 17.8 Å². The van der Waals surface area contributed by atoms with Crippen molar-refractivity contribution in [3.8, 4) is 5.82 Å². The normalized spacial score (nSPS) is 16.0. The van der Waals surface area contributed by atoms with Crippen molar-refractivity contribution in [3.05, 3.63) is 92.3 Å². The van der Waals surface area contributed by atoms with Gasteiger partial charge in [-0.2, -0.15) is 13.2 Å². The predicted molar refractivity (Wildman–Crippen MR) is 152 cm³/mol. The highest BCUT2D eigenvalue weighted by Gasteiger charge is 2.45. The molecule has 45 heavy (non-hydrogen) atoms. The third-order valence-corrected chi connectivity index (χ3v) is 7.49. The van der Waals surface area contributed by atoms with Gasteiger partial charge < -0.3 is 20.1 Å². The van der Waals surface area contributed by atoms with Gasteiger partial charge in [0.25, 0.3) is 11.5 Å². The number of alkyl halides is 3. The molecular formula is C29H26F4N6O6. The number of aryl methyl sites for hydroxylation is 2. The van der Waals surface area contributed by atoms with Crippen LogP contribution in [0.25, 0.3) is 16.7 Å². The van der Waals surface area contributed by atoms with Crippen molar-refractivity contribution in [2.24, 2.45) is 7.05 Å². The van der Waals surface area contributed by atoms with Crippen molar-refractivity contribution in [1.82, 2.24) is 24.4 Å². The van der Waals surface area contributed by atoms with Gasteiger partial charge in [0.1, 0.15) is 23.7 Å². The zero-order valence-electron chi connectivity index (χ0n) is 23.8. The molecule has 3 aromatic heterocycles. The number of carboxylic acids is 1. The van der Waals surface area contributed by atoms with Gasteiger partial charge in [-0.3, -0.25) is 19.1 Å². The number of nitrogens with one attached hydrogen (secondary N) is 1. The summed E-state index contributed by atoms with van der Waals surface area (Å²) in [6.07, 6.45) is -0.912. The molecular weight excluding hydrogens is 604 g/mol. The lowest BCUT2D eigenvalue weighted by Gasteiger charge is -2.38. The van der Waals surface area contributed by atoms with E-state index in [2.05, 4.69) is 15.3 Å². The summed E-state index contributed by atoms with van der Waals surface area (Å²) in [5.41, 5.74) is -1.28. The fourth-order valence-corrected chi connectivity index (χ4v) is 5.20. The SMILES string of the molecule is Cc1cc(N2CCOC[C@@H]2C(F)(F)F)cc(F)c1C(=O)N[C@@H](Cc1ccc(-n2c(=O)c3ccncc3n(C)c2=O)nc1)C(=O)O. The van der Waals surface area contributed by atoms with Gasteiger partial charge in [-0.1, -0.05) is 6.07 Å². The third kappa shape index (κ3) is 6.13. The first-order valence-electron chi connectivity index (χ1n) is 13.5. The molecule has 1 aromatic carbocycles. The molecule has 1 aliphatic heterocycles. The van der Waals surface area contributed by atoms with E-state index in [-0.39, 0.29) is 42.0 Å². The van der Waals surface area contributed by atoms with Crippen LogP contribution < -0.4 is 21.5 Å². The average molecular weight is 631 g/mol. The molecule has 4 aromatic rings. The summed E-state index contributed by atoms with van der Waals surface area (Å²) in [6.45, 7) is 0.553. The van der Waals surface area contributed by atoms with Crippen molar-refractivity contribution >= 4 is 28.5 Å². The van der Waals surface area contributed by atoms with E-state index in [0.29, 0.717) is 11.1 Å². The molecule has 0 bridgehead atoms. The molecule has 12 nitrogen and oxygen atoms in total. The number of amides is 1. The van der Waals surface area contributed by atoms with Gasteiger partial charge in [0, 0.05) is 38.1 Å². The van der Waals surface area contributed by atoms with Gasteiger partial charge in [0.15, 0.2) is 0 Å². The fourth-order valence-electron chi connectivity index (χ4n) is 5.20. The molecule has 16 heteroatoms. The number of hydrogen-bond acceptors (Lipinski definition) is 8. The Kier molecular flexibility index (Phi) is 8.42. The molecule has 2 N–H and O–H groups in total. The van der Waals surface area contributed by atoms with Crippen molar-refractivity contribution in [3.63, 3.8) is 0 Å². The molecule has 2 atom stereocenters. The quantitative estimate of drug-likeness (QED) is 0.293. The maximum Gasteiger partial charge on any atom is 0.411 e. The van der Waals surface area contributed by atoms with Crippen LogP contribution in [0.3, 0.4) is 0 Å². The highest BCUT2D eigenvalue weighted by atomic mass is 19.4. The standard InChI is InChI=1S/C29H26F4N6O6/c1-15-9-17(38-7-8-45-14-22(38)29(31,32)33)11-19(30)24(15)25(40)36-20(27(42)43)10-16-3-4-23(35-12-16)39-26(41)18-5-6-34-13-21(18)37(2)28(39)44/h3-6,9,11-13,20,22H,7-8,10,14H2,1-2H3,(H,36,40)(H,42,43)/t20-,22+/m0/s1. The minimum atomic E-state index is -4.64. The first-order chi connectivity index (χ1) is 21.3. The van der Waals surface area contributed by atoms with Gasteiger partial charge in [-0.05, 0) is 42.3 Å². The Labute approximate surface area is 251 Å². The van der Waals surface area contributed by atoms with Crippen molar-refractivity contribution in [2.45, 2.75) is 31.6 Å². The minimum Gasteiger partial charge on any atom is -0.480 e. The number of anilines is 1. The summed E-state index contributed by atoms with van der Waals surface area (Å²) in [7, 11) is 1.47. The number of nitrogens with zero attached hydrogens (tertiary/aromatic N) is 5. The maximum atomic E-state index is 15.2. The average Bonchev–Trinajstić information content (AvgIpc) is 2.99. The topological polar surface area (TPSA) is 149 Å². The van der Waals surface area contributed by atoms with Gasteiger partial charge in [0.05, 0.1) is 35.9 Å². The molecule has 5 rings (SSSR count). The van der Waals surface area contributed by atoms with Crippen LogP contribution >= 0.6 is 0 Å². The highest BCUT2D eigenvalue weighted by Crippen LogP contribution is 2.33. The lowest BCUT2D eigenvalue weighted by molar-refractivity contribution is -0.167. The fraction of sp³-hybridized carbons (Fsp3) is 0.310. The molecule has 0 aliphatic carbocycles. The molecule has 0 unspecified atom stereocenters. The summed E-state index contributed by atoms with van der Waals surface area (Å²) in [5, 5.41) is 12.3. The Hall–Kier alpha value is -5.12. The number of fused-ring (bicyclic) bond motifs is 1. The van der Waals surface area contributed by atoms with Crippen LogP contribution in [0.15, 0.2) is 58.5 Å². The Morgan fingerprint density at radius 1 is 1.18 bits per heavy atom. The molecule has 1 amide bonds. The first-order valence-corrected chi connectivity index (χ1v) is 13.5. The van der Waals surface area contributed by atoms with Crippen molar-refractivity contribution in [2.75, 3.05) is 24.7 Å². The summed E-state index contributed by atoms with van der Waals surface area (Å²) >= 11 is 0. The third-order valence-electron chi connectivity index (χ3n) is 7.49. The van der Waals surface area contributed by atoms with Crippen LogP contribution in [0, 0.1) is 12.7 Å². The lowest BCUT2D eigenvalue weighted by Crippen LogP contribution is -2.53. The number of aliphatic carboxylic acids is 1.